The van der Waals surface area contributed by atoms with Gasteiger partial charge in [0.1, 0.15) is 6.04 Å². The lowest BCUT2D eigenvalue weighted by atomic mass is 10.0. The zero-order chi connectivity index (χ0) is 12.1. The highest BCUT2D eigenvalue weighted by Gasteiger charge is 2.20. The summed E-state index contributed by atoms with van der Waals surface area (Å²) in [5, 5.41) is 9.90. The summed E-state index contributed by atoms with van der Waals surface area (Å²) in [6, 6.07) is 6.45. The second-order valence-corrected chi connectivity index (χ2v) is 4.26. The largest absolute Gasteiger partial charge is 0.468 e. The third-order valence-electron chi connectivity index (χ3n) is 2.25. The summed E-state index contributed by atoms with van der Waals surface area (Å²) in [5.74, 6) is -0.522. The molecule has 1 rings (SSSR count). The maximum atomic E-state index is 11.1. The predicted molar refractivity (Wildman–Crippen MR) is 63.7 cm³/mol. The molecule has 0 fully saturated rings. The van der Waals surface area contributed by atoms with E-state index >= 15 is 0 Å². The lowest BCUT2D eigenvalue weighted by Crippen LogP contribution is -2.33. The third-order valence-corrected chi connectivity index (χ3v) is 2.97. The van der Waals surface area contributed by atoms with Crippen LogP contribution in [-0.4, -0.2) is 24.2 Å². The molecule has 1 aromatic rings. The van der Waals surface area contributed by atoms with Crippen LogP contribution >= 0.6 is 15.9 Å². The van der Waals surface area contributed by atoms with Gasteiger partial charge in [0, 0.05) is 10.9 Å². The Balaban J connectivity index is 2.69. The maximum Gasteiger partial charge on any atom is 0.322 e. The Morgan fingerprint density at radius 2 is 2.19 bits per heavy atom. The standard InChI is InChI=1S/C11H14BrNO3/c1-16-11(15)9(13)6-10(14)7-4-2-3-5-8(7)12/h2-5,9-10,14H,6,13H2,1H3. The molecule has 2 unspecified atom stereocenters. The predicted octanol–water partition coefficient (Wildman–Crippen LogP) is 1.37. The second kappa shape index (κ2) is 5.98. The summed E-state index contributed by atoms with van der Waals surface area (Å²) in [6.07, 6.45) is -0.653. The van der Waals surface area contributed by atoms with E-state index in [1.807, 2.05) is 18.2 Å². The Hall–Kier alpha value is -0.910. The van der Waals surface area contributed by atoms with Crippen molar-refractivity contribution < 1.29 is 14.6 Å². The lowest BCUT2D eigenvalue weighted by molar-refractivity contribution is -0.142. The van der Waals surface area contributed by atoms with Crippen LogP contribution in [0.1, 0.15) is 18.1 Å². The molecule has 0 saturated heterocycles. The molecule has 4 nitrogen and oxygen atoms in total. The zero-order valence-corrected chi connectivity index (χ0v) is 10.5. The van der Waals surface area contributed by atoms with Crippen LogP contribution in [0.4, 0.5) is 0 Å². The number of hydrogen-bond acceptors (Lipinski definition) is 4. The van der Waals surface area contributed by atoms with E-state index in [9.17, 15) is 9.90 Å². The van der Waals surface area contributed by atoms with Crippen molar-refractivity contribution in [3.8, 4) is 0 Å². The van der Waals surface area contributed by atoms with Gasteiger partial charge in [-0.25, -0.2) is 0 Å². The van der Waals surface area contributed by atoms with Crippen LogP contribution in [-0.2, 0) is 9.53 Å². The fourth-order valence-electron chi connectivity index (χ4n) is 1.36. The molecule has 2 atom stereocenters. The van der Waals surface area contributed by atoms with Crippen molar-refractivity contribution in [2.75, 3.05) is 7.11 Å². The van der Waals surface area contributed by atoms with E-state index in [0.29, 0.717) is 5.56 Å². The highest BCUT2D eigenvalue weighted by Crippen LogP contribution is 2.25. The molecule has 0 aliphatic heterocycles. The zero-order valence-electron chi connectivity index (χ0n) is 8.89. The van der Waals surface area contributed by atoms with Crippen LogP contribution < -0.4 is 5.73 Å². The van der Waals surface area contributed by atoms with Gasteiger partial charge >= 0.3 is 5.97 Å². The quantitative estimate of drug-likeness (QED) is 0.821. The van der Waals surface area contributed by atoms with Crippen molar-refractivity contribution in [2.24, 2.45) is 5.73 Å². The van der Waals surface area contributed by atoms with E-state index in [1.54, 1.807) is 6.07 Å². The normalized spacial score (nSPS) is 14.2. The average Bonchev–Trinajstić information content (AvgIpc) is 2.28. The number of esters is 1. The number of benzene rings is 1. The summed E-state index contributed by atoms with van der Waals surface area (Å²) in [5.41, 5.74) is 6.28. The SMILES string of the molecule is COC(=O)C(N)CC(O)c1ccccc1Br. The Labute approximate surface area is 103 Å². The molecule has 0 aliphatic rings. The van der Waals surface area contributed by atoms with E-state index in [1.165, 1.54) is 7.11 Å². The fourth-order valence-corrected chi connectivity index (χ4v) is 1.91. The van der Waals surface area contributed by atoms with Gasteiger partial charge < -0.3 is 15.6 Å². The van der Waals surface area contributed by atoms with Gasteiger partial charge in [0.2, 0.25) is 0 Å². The van der Waals surface area contributed by atoms with Crippen LogP contribution in [0, 0.1) is 0 Å². The van der Waals surface area contributed by atoms with Gasteiger partial charge in [-0.2, -0.15) is 0 Å². The molecule has 88 valence electrons. The highest BCUT2D eigenvalue weighted by atomic mass is 79.9. The Morgan fingerprint density at radius 1 is 1.56 bits per heavy atom. The van der Waals surface area contributed by atoms with Crippen molar-refractivity contribution >= 4 is 21.9 Å². The van der Waals surface area contributed by atoms with Gasteiger partial charge in [-0.1, -0.05) is 34.1 Å². The van der Waals surface area contributed by atoms with Crippen LogP contribution in [0.5, 0.6) is 0 Å². The van der Waals surface area contributed by atoms with E-state index in [4.69, 9.17) is 5.73 Å². The number of ether oxygens (including phenoxy) is 1. The Kier molecular flexibility index (Phi) is 4.92. The summed E-state index contributed by atoms with van der Waals surface area (Å²) in [6.45, 7) is 0. The molecule has 0 spiro atoms. The van der Waals surface area contributed by atoms with Crippen LogP contribution in [0.3, 0.4) is 0 Å². The number of halogens is 1. The van der Waals surface area contributed by atoms with Gasteiger partial charge in [0.15, 0.2) is 0 Å². The molecule has 3 N–H and O–H groups in total. The topological polar surface area (TPSA) is 72.5 Å². The molecule has 0 heterocycles. The maximum absolute atomic E-state index is 11.1. The van der Waals surface area contributed by atoms with E-state index in [0.717, 1.165) is 4.47 Å². The van der Waals surface area contributed by atoms with Gasteiger partial charge in [-0.3, -0.25) is 4.79 Å². The number of aliphatic hydroxyl groups excluding tert-OH is 1. The number of carbonyl (C=O) groups excluding carboxylic acids is 1. The molecule has 0 amide bonds. The number of nitrogens with two attached hydrogens (primary N) is 1. The van der Waals surface area contributed by atoms with Crippen molar-refractivity contribution in [1.82, 2.24) is 0 Å². The molecule has 16 heavy (non-hydrogen) atoms. The number of hydrogen-bond donors (Lipinski definition) is 2. The molecular formula is C11H14BrNO3. The first-order valence-electron chi connectivity index (χ1n) is 4.82. The van der Waals surface area contributed by atoms with E-state index < -0.39 is 18.1 Å². The minimum atomic E-state index is -0.813. The fraction of sp³-hybridized carbons (Fsp3) is 0.364. The first-order chi connectivity index (χ1) is 7.56. The highest BCUT2D eigenvalue weighted by molar-refractivity contribution is 9.10. The van der Waals surface area contributed by atoms with E-state index in [-0.39, 0.29) is 6.42 Å². The average molecular weight is 288 g/mol. The lowest BCUT2D eigenvalue weighted by Gasteiger charge is -2.16. The van der Waals surface area contributed by atoms with Gasteiger partial charge in [0.25, 0.3) is 0 Å². The van der Waals surface area contributed by atoms with Crippen molar-refractivity contribution in [1.29, 1.82) is 0 Å². The van der Waals surface area contributed by atoms with Crippen molar-refractivity contribution in [3.63, 3.8) is 0 Å². The third kappa shape index (κ3) is 3.30. The first kappa shape index (κ1) is 13.2. The molecule has 1 aromatic carbocycles. The number of aliphatic hydroxyl groups is 1. The summed E-state index contributed by atoms with van der Waals surface area (Å²) in [7, 11) is 1.27. The Bertz CT molecular complexity index is 370. The molecule has 0 radical (unpaired) electrons. The van der Waals surface area contributed by atoms with Gasteiger partial charge in [0.05, 0.1) is 13.2 Å². The van der Waals surface area contributed by atoms with E-state index in [2.05, 4.69) is 20.7 Å². The number of rotatable bonds is 4. The summed E-state index contributed by atoms with van der Waals surface area (Å²) in [4.78, 5) is 11.1. The van der Waals surface area contributed by atoms with Crippen LogP contribution in [0.25, 0.3) is 0 Å². The van der Waals surface area contributed by atoms with Gasteiger partial charge in [-0.05, 0) is 11.6 Å². The minimum Gasteiger partial charge on any atom is -0.468 e. The van der Waals surface area contributed by atoms with Crippen LogP contribution in [0.2, 0.25) is 0 Å². The summed E-state index contributed by atoms with van der Waals surface area (Å²) < 4.78 is 5.28. The molecule has 0 bridgehead atoms. The number of carbonyl (C=O) groups is 1. The van der Waals surface area contributed by atoms with Crippen molar-refractivity contribution in [2.45, 2.75) is 18.6 Å². The summed E-state index contributed by atoms with van der Waals surface area (Å²) >= 11 is 3.32. The van der Waals surface area contributed by atoms with Crippen molar-refractivity contribution in [3.05, 3.63) is 34.3 Å². The molecule has 0 aliphatic carbocycles. The molecule has 0 saturated carbocycles. The molecule has 0 aromatic heterocycles. The molecule has 5 heteroatoms. The monoisotopic (exact) mass is 287 g/mol. The second-order valence-electron chi connectivity index (χ2n) is 3.40. The Morgan fingerprint density at radius 3 is 2.75 bits per heavy atom. The molecular weight excluding hydrogens is 274 g/mol. The van der Waals surface area contributed by atoms with Gasteiger partial charge in [-0.15, -0.1) is 0 Å². The smallest absolute Gasteiger partial charge is 0.322 e. The van der Waals surface area contributed by atoms with Crippen LogP contribution in [0.15, 0.2) is 28.7 Å². The minimum absolute atomic E-state index is 0.134. The first-order valence-corrected chi connectivity index (χ1v) is 5.61. The number of methoxy groups -OCH3 is 1.